The van der Waals surface area contributed by atoms with Crippen molar-refractivity contribution in [3.63, 3.8) is 0 Å². The highest BCUT2D eigenvalue weighted by Gasteiger charge is 2.31. The van der Waals surface area contributed by atoms with Crippen molar-refractivity contribution in [3.05, 3.63) is 72.7 Å². The maximum atomic E-state index is 12.2. The van der Waals surface area contributed by atoms with Crippen LogP contribution in [0.4, 0.5) is 29.3 Å². The number of ether oxygens (including phenoxy) is 1. The summed E-state index contributed by atoms with van der Waals surface area (Å²) in [5.41, 5.74) is 8.46. The zero-order valence-corrected chi connectivity index (χ0v) is 16.7. The number of pyridine rings is 1. The molecule has 2 aromatic heterocycles. The van der Waals surface area contributed by atoms with E-state index >= 15 is 0 Å². The first-order chi connectivity index (χ1) is 15.7. The third kappa shape index (κ3) is 5.03. The number of carbonyl (C=O) groups is 2. The van der Waals surface area contributed by atoms with Gasteiger partial charge in [-0.3, -0.25) is 9.78 Å². The van der Waals surface area contributed by atoms with Gasteiger partial charge in [-0.25, -0.2) is 4.79 Å². The van der Waals surface area contributed by atoms with Crippen LogP contribution in [0.3, 0.4) is 0 Å². The minimum Gasteiger partial charge on any atom is -0.406 e. The molecule has 0 radical (unpaired) electrons. The molecule has 0 spiro atoms. The number of urea groups is 1. The Hall–Kier alpha value is -4.54. The van der Waals surface area contributed by atoms with Gasteiger partial charge in [-0.2, -0.15) is 0 Å². The molecule has 0 aliphatic carbocycles. The Bertz CT molecular complexity index is 1320. The maximum absolute atomic E-state index is 12.2. The predicted molar refractivity (Wildman–Crippen MR) is 116 cm³/mol. The molecule has 0 unspecified atom stereocenters. The van der Waals surface area contributed by atoms with Crippen LogP contribution in [-0.4, -0.2) is 28.3 Å². The van der Waals surface area contributed by atoms with Crippen molar-refractivity contribution >= 4 is 34.2 Å². The molecule has 0 saturated carbocycles. The summed E-state index contributed by atoms with van der Waals surface area (Å²) in [6.07, 6.45) is -1.60. The summed E-state index contributed by atoms with van der Waals surface area (Å²) in [6.45, 7) is 0. The van der Waals surface area contributed by atoms with Gasteiger partial charge in [0.1, 0.15) is 11.4 Å². The number of rotatable bonds is 5. The highest BCUT2D eigenvalue weighted by Crippen LogP contribution is 2.32. The third-order valence-corrected chi connectivity index (χ3v) is 4.62. The number of aromatic amines is 1. The summed E-state index contributed by atoms with van der Waals surface area (Å²) in [5, 5.41) is 5.90. The molecule has 0 fully saturated rings. The van der Waals surface area contributed by atoms with Crippen molar-refractivity contribution < 1.29 is 27.5 Å². The second-order valence-corrected chi connectivity index (χ2v) is 6.89. The lowest BCUT2D eigenvalue weighted by Crippen LogP contribution is -2.19. The number of carbonyl (C=O) groups excluding carboxylic acids is 2. The molecule has 0 aliphatic rings. The number of nitrogens with two attached hydrogens (primary N) is 1. The lowest BCUT2D eigenvalue weighted by molar-refractivity contribution is -0.274. The molecule has 2 heterocycles. The van der Waals surface area contributed by atoms with Crippen LogP contribution in [0, 0.1) is 0 Å². The Balaban J connectivity index is 1.46. The average Bonchev–Trinajstić information content (AvgIpc) is 3.15. The molecule has 3 amide bonds. The number of anilines is 2. The minimum absolute atomic E-state index is 0.245. The number of hydrogen-bond donors (Lipinski definition) is 4. The fourth-order valence-corrected chi connectivity index (χ4v) is 3.28. The minimum atomic E-state index is -4.79. The van der Waals surface area contributed by atoms with E-state index in [4.69, 9.17) is 5.73 Å². The van der Waals surface area contributed by atoms with Gasteiger partial charge in [0, 0.05) is 28.5 Å². The van der Waals surface area contributed by atoms with Gasteiger partial charge in [0.15, 0.2) is 0 Å². The van der Waals surface area contributed by atoms with Gasteiger partial charge in [-0.15, -0.1) is 13.2 Å². The topological polar surface area (TPSA) is 122 Å². The molecule has 4 rings (SSSR count). The van der Waals surface area contributed by atoms with Gasteiger partial charge in [-0.05, 0) is 48.0 Å². The Kier molecular flexibility index (Phi) is 5.61. The summed E-state index contributed by atoms with van der Waals surface area (Å²) in [6, 6.07) is 12.6. The Morgan fingerprint density at radius 3 is 2.12 bits per heavy atom. The Morgan fingerprint density at radius 1 is 0.939 bits per heavy atom. The molecule has 0 aliphatic heterocycles. The smallest absolute Gasteiger partial charge is 0.406 e. The van der Waals surface area contributed by atoms with Crippen LogP contribution < -0.4 is 21.1 Å². The molecule has 8 nitrogen and oxygen atoms in total. The molecule has 4 aromatic rings. The number of primary amides is 1. The molecule has 168 valence electrons. The number of H-pyrrole nitrogens is 1. The van der Waals surface area contributed by atoms with E-state index in [9.17, 15) is 22.8 Å². The van der Waals surface area contributed by atoms with Crippen molar-refractivity contribution in [2.24, 2.45) is 5.73 Å². The number of nitrogens with one attached hydrogen (secondary N) is 3. The van der Waals surface area contributed by atoms with Crippen LogP contribution in [-0.2, 0) is 0 Å². The van der Waals surface area contributed by atoms with E-state index in [0.717, 1.165) is 17.5 Å². The second kappa shape index (κ2) is 8.54. The molecule has 0 bridgehead atoms. The number of benzene rings is 2. The number of fused-ring (bicyclic) bond motifs is 1. The van der Waals surface area contributed by atoms with E-state index < -0.39 is 24.1 Å². The van der Waals surface area contributed by atoms with Gasteiger partial charge in [0.2, 0.25) is 0 Å². The first kappa shape index (κ1) is 21.7. The molecule has 0 saturated heterocycles. The number of hydrogen-bond acceptors (Lipinski definition) is 4. The summed E-state index contributed by atoms with van der Waals surface area (Å²) >= 11 is 0. The first-order valence-corrected chi connectivity index (χ1v) is 9.49. The summed E-state index contributed by atoms with van der Waals surface area (Å²) in [4.78, 5) is 31.1. The molecular weight excluding hydrogens is 439 g/mol. The van der Waals surface area contributed by atoms with Crippen LogP contribution >= 0.6 is 0 Å². The monoisotopic (exact) mass is 455 g/mol. The van der Waals surface area contributed by atoms with Gasteiger partial charge in [-0.1, -0.05) is 12.1 Å². The number of halogens is 3. The lowest BCUT2D eigenvalue weighted by atomic mass is 10.0. The largest absolute Gasteiger partial charge is 0.573 e. The van der Waals surface area contributed by atoms with Crippen LogP contribution in [0.2, 0.25) is 0 Å². The summed E-state index contributed by atoms with van der Waals surface area (Å²) < 4.78 is 40.5. The fraction of sp³-hybridized carbons (Fsp3) is 0.0455. The van der Waals surface area contributed by atoms with E-state index in [-0.39, 0.29) is 11.4 Å². The van der Waals surface area contributed by atoms with Crippen molar-refractivity contribution in [3.8, 4) is 16.9 Å². The highest BCUT2D eigenvalue weighted by atomic mass is 19.4. The van der Waals surface area contributed by atoms with Crippen molar-refractivity contribution in [1.82, 2.24) is 9.97 Å². The van der Waals surface area contributed by atoms with Crippen LogP contribution in [0.1, 0.15) is 10.5 Å². The van der Waals surface area contributed by atoms with E-state index in [0.29, 0.717) is 22.3 Å². The van der Waals surface area contributed by atoms with Crippen molar-refractivity contribution in [1.29, 1.82) is 0 Å². The van der Waals surface area contributed by atoms with Gasteiger partial charge < -0.3 is 26.1 Å². The highest BCUT2D eigenvalue weighted by molar-refractivity contribution is 6.09. The second-order valence-electron chi connectivity index (χ2n) is 6.89. The third-order valence-electron chi connectivity index (χ3n) is 4.62. The summed E-state index contributed by atoms with van der Waals surface area (Å²) in [5.74, 6) is -1.01. The average molecular weight is 455 g/mol. The zero-order chi connectivity index (χ0) is 23.6. The molecule has 5 N–H and O–H groups in total. The van der Waals surface area contributed by atoms with Crippen LogP contribution in [0.5, 0.6) is 5.75 Å². The van der Waals surface area contributed by atoms with Crippen LogP contribution in [0.25, 0.3) is 22.0 Å². The molecule has 0 atom stereocenters. The first-order valence-electron chi connectivity index (χ1n) is 9.49. The number of nitrogens with zero attached hydrogens (tertiary/aromatic N) is 1. The Morgan fingerprint density at radius 2 is 1.55 bits per heavy atom. The number of alkyl halides is 3. The molecule has 2 aromatic carbocycles. The lowest BCUT2D eigenvalue weighted by Gasteiger charge is -2.11. The van der Waals surface area contributed by atoms with Gasteiger partial charge >= 0.3 is 12.4 Å². The van der Waals surface area contributed by atoms with Crippen molar-refractivity contribution in [2.45, 2.75) is 6.36 Å². The standard InChI is InChI=1S/C22H16F3N5O3/c23-22(24,25)33-15-7-5-14(6-8-15)29-21(32)28-13-3-1-12(2-4-13)18-16-9-10-27-11-17(16)30-19(18)20(26)31/h1-11,30H,(H2,26,31)(H2,28,29,32). The van der Waals surface area contributed by atoms with E-state index in [1.165, 1.54) is 12.1 Å². The number of amides is 3. The maximum Gasteiger partial charge on any atom is 0.573 e. The van der Waals surface area contributed by atoms with E-state index in [1.54, 1.807) is 42.7 Å². The van der Waals surface area contributed by atoms with E-state index in [1.807, 2.05) is 0 Å². The normalized spacial score (nSPS) is 11.2. The Labute approximate surface area is 184 Å². The zero-order valence-electron chi connectivity index (χ0n) is 16.7. The predicted octanol–water partition coefficient (Wildman–Crippen LogP) is 4.87. The van der Waals surface area contributed by atoms with Gasteiger partial charge in [0.25, 0.3) is 5.91 Å². The van der Waals surface area contributed by atoms with Gasteiger partial charge in [0.05, 0.1) is 11.7 Å². The van der Waals surface area contributed by atoms with Crippen molar-refractivity contribution in [2.75, 3.05) is 10.6 Å². The quantitative estimate of drug-likeness (QED) is 0.343. The SMILES string of the molecule is NC(=O)c1[nH]c2cnccc2c1-c1ccc(NC(=O)Nc2ccc(OC(F)(F)F)cc2)cc1. The van der Waals surface area contributed by atoms with E-state index in [2.05, 4.69) is 25.3 Å². The fourth-order valence-electron chi connectivity index (χ4n) is 3.28. The summed E-state index contributed by atoms with van der Waals surface area (Å²) in [7, 11) is 0. The number of aromatic nitrogens is 2. The molecule has 33 heavy (non-hydrogen) atoms. The molecular formula is C22H16F3N5O3. The molecule has 11 heteroatoms. The van der Waals surface area contributed by atoms with Crippen LogP contribution in [0.15, 0.2) is 67.0 Å².